The smallest absolute Gasteiger partial charge is 0.0692 e. The molecule has 0 aliphatic heterocycles. The molecule has 1 aromatic rings. The van der Waals surface area contributed by atoms with Crippen molar-refractivity contribution in [1.29, 1.82) is 0 Å². The van der Waals surface area contributed by atoms with Crippen LogP contribution in [0, 0.1) is 0 Å². The molecule has 1 N–H and O–H groups in total. The van der Waals surface area contributed by atoms with Crippen LogP contribution in [0.3, 0.4) is 0 Å². The van der Waals surface area contributed by atoms with E-state index in [9.17, 15) is 0 Å². The number of halogens is 1. The van der Waals surface area contributed by atoms with Gasteiger partial charge in [-0.25, -0.2) is 0 Å². The van der Waals surface area contributed by atoms with E-state index < -0.39 is 0 Å². The summed E-state index contributed by atoms with van der Waals surface area (Å²) in [7, 11) is 0. The average Bonchev–Trinajstić information content (AvgIpc) is 2.28. The summed E-state index contributed by atoms with van der Waals surface area (Å²) in [5.41, 5.74) is 2.17. The van der Waals surface area contributed by atoms with Gasteiger partial charge in [0.25, 0.3) is 0 Å². The standard InChI is InChI=1S/C13H20BrNO/c1-3-7-15(8-4-2)12-6-5-11(10-16)13(14)9-12/h5-6,9,16H,3-4,7-8,10H2,1-2H3. The van der Waals surface area contributed by atoms with Gasteiger partial charge >= 0.3 is 0 Å². The van der Waals surface area contributed by atoms with Gasteiger partial charge in [-0.1, -0.05) is 35.8 Å². The summed E-state index contributed by atoms with van der Waals surface area (Å²) in [5, 5.41) is 9.11. The fourth-order valence-corrected chi connectivity index (χ4v) is 2.26. The normalized spacial score (nSPS) is 10.5. The second-order valence-electron chi connectivity index (χ2n) is 3.92. The van der Waals surface area contributed by atoms with Crippen molar-refractivity contribution >= 4 is 21.6 Å². The van der Waals surface area contributed by atoms with E-state index in [2.05, 4.69) is 46.8 Å². The van der Waals surface area contributed by atoms with Gasteiger partial charge in [-0.15, -0.1) is 0 Å². The lowest BCUT2D eigenvalue weighted by molar-refractivity contribution is 0.281. The van der Waals surface area contributed by atoms with Crippen LogP contribution in [-0.2, 0) is 6.61 Å². The minimum Gasteiger partial charge on any atom is -0.392 e. The van der Waals surface area contributed by atoms with Crippen LogP contribution in [0.1, 0.15) is 32.3 Å². The molecule has 3 heteroatoms. The van der Waals surface area contributed by atoms with Gasteiger partial charge in [0.15, 0.2) is 0 Å². The zero-order valence-corrected chi connectivity index (χ0v) is 11.6. The third-order valence-corrected chi connectivity index (χ3v) is 3.30. The van der Waals surface area contributed by atoms with E-state index in [0.29, 0.717) is 0 Å². The number of hydrogen-bond acceptors (Lipinski definition) is 2. The Morgan fingerprint density at radius 1 is 1.19 bits per heavy atom. The minimum absolute atomic E-state index is 0.0857. The molecule has 0 radical (unpaired) electrons. The van der Waals surface area contributed by atoms with E-state index >= 15 is 0 Å². The maximum absolute atomic E-state index is 9.11. The van der Waals surface area contributed by atoms with E-state index in [-0.39, 0.29) is 6.61 Å². The molecule has 0 aliphatic carbocycles. The highest BCUT2D eigenvalue weighted by Gasteiger charge is 2.06. The first-order valence-corrected chi connectivity index (χ1v) is 6.66. The summed E-state index contributed by atoms with van der Waals surface area (Å²) in [5.74, 6) is 0. The van der Waals surface area contributed by atoms with Crippen molar-refractivity contribution in [1.82, 2.24) is 0 Å². The van der Waals surface area contributed by atoms with Crippen molar-refractivity contribution in [3.8, 4) is 0 Å². The molecule has 0 saturated carbocycles. The molecule has 16 heavy (non-hydrogen) atoms. The number of aliphatic hydroxyl groups excluding tert-OH is 1. The van der Waals surface area contributed by atoms with Crippen molar-refractivity contribution in [2.45, 2.75) is 33.3 Å². The highest BCUT2D eigenvalue weighted by molar-refractivity contribution is 9.10. The molecule has 90 valence electrons. The summed E-state index contributed by atoms with van der Waals surface area (Å²) >= 11 is 3.49. The van der Waals surface area contributed by atoms with Crippen LogP contribution in [0.25, 0.3) is 0 Å². The first-order chi connectivity index (χ1) is 7.72. The molecule has 0 atom stereocenters. The molecule has 0 aromatic heterocycles. The molecular formula is C13H20BrNO. The van der Waals surface area contributed by atoms with Crippen LogP contribution >= 0.6 is 15.9 Å². The number of rotatable bonds is 6. The summed E-state index contributed by atoms with van der Waals surface area (Å²) in [6, 6.07) is 6.16. The van der Waals surface area contributed by atoms with Gasteiger partial charge in [0.1, 0.15) is 0 Å². The molecule has 2 nitrogen and oxygen atoms in total. The van der Waals surface area contributed by atoms with Crippen molar-refractivity contribution in [3.63, 3.8) is 0 Å². The maximum atomic E-state index is 9.11. The van der Waals surface area contributed by atoms with Crippen LogP contribution in [0.5, 0.6) is 0 Å². The third kappa shape index (κ3) is 3.49. The van der Waals surface area contributed by atoms with Gasteiger partial charge in [0.2, 0.25) is 0 Å². The van der Waals surface area contributed by atoms with Crippen molar-refractivity contribution < 1.29 is 5.11 Å². The minimum atomic E-state index is 0.0857. The SMILES string of the molecule is CCCN(CCC)c1ccc(CO)c(Br)c1. The van der Waals surface area contributed by atoms with Gasteiger partial charge in [-0.2, -0.15) is 0 Å². The number of nitrogens with zero attached hydrogens (tertiary/aromatic N) is 1. The van der Waals surface area contributed by atoms with Gasteiger partial charge in [-0.3, -0.25) is 0 Å². The predicted molar refractivity (Wildman–Crippen MR) is 72.9 cm³/mol. The molecule has 0 unspecified atom stereocenters. The molecule has 1 rings (SSSR count). The van der Waals surface area contributed by atoms with Crippen LogP contribution in [0.15, 0.2) is 22.7 Å². The summed E-state index contributed by atoms with van der Waals surface area (Å²) in [6.07, 6.45) is 2.30. The Bertz CT molecular complexity index is 322. The Morgan fingerprint density at radius 3 is 2.25 bits per heavy atom. The largest absolute Gasteiger partial charge is 0.392 e. The van der Waals surface area contributed by atoms with Crippen LogP contribution in [0.2, 0.25) is 0 Å². The van der Waals surface area contributed by atoms with E-state index in [0.717, 1.165) is 36.0 Å². The number of benzene rings is 1. The summed E-state index contributed by atoms with van der Waals surface area (Å²) in [4.78, 5) is 2.38. The van der Waals surface area contributed by atoms with E-state index in [1.165, 1.54) is 5.69 Å². The molecule has 0 aliphatic rings. The Hall–Kier alpha value is -0.540. The lowest BCUT2D eigenvalue weighted by Gasteiger charge is -2.24. The van der Waals surface area contributed by atoms with E-state index in [1.54, 1.807) is 0 Å². The second-order valence-corrected chi connectivity index (χ2v) is 4.78. The maximum Gasteiger partial charge on any atom is 0.0692 e. The molecule has 0 bridgehead atoms. The monoisotopic (exact) mass is 285 g/mol. The van der Waals surface area contributed by atoms with E-state index in [4.69, 9.17) is 5.11 Å². The zero-order valence-electron chi connectivity index (χ0n) is 10.0. The Labute approximate surface area is 106 Å². The van der Waals surface area contributed by atoms with Crippen molar-refractivity contribution in [3.05, 3.63) is 28.2 Å². The highest BCUT2D eigenvalue weighted by atomic mass is 79.9. The quantitative estimate of drug-likeness (QED) is 0.864. The van der Waals surface area contributed by atoms with Gasteiger partial charge in [0, 0.05) is 23.2 Å². The molecule has 1 aromatic carbocycles. The molecule has 0 spiro atoms. The van der Waals surface area contributed by atoms with Crippen LogP contribution < -0.4 is 4.90 Å². The Balaban J connectivity index is 2.87. The highest BCUT2D eigenvalue weighted by Crippen LogP contribution is 2.24. The first kappa shape index (κ1) is 13.5. The molecule has 0 amide bonds. The molecule has 0 fully saturated rings. The van der Waals surface area contributed by atoms with Gasteiger partial charge in [-0.05, 0) is 30.5 Å². The van der Waals surface area contributed by atoms with Crippen LogP contribution in [-0.4, -0.2) is 18.2 Å². The first-order valence-electron chi connectivity index (χ1n) is 5.87. The lowest BCUT2D eigenvalue weighted by atomic mass is 10.2. The average molecular weight is 286 g/mol. The summed E-state index contributed by atoms with van der Waals surface area (Å²) < 4.78 is 0.990. The van der Waals surface area contributed by atoms with Gasteiger partial charge < -0.3 is 10.0 Å². The van der Waals surface area contributed by atoms with Crippen molar-refractivity contribution in [2.75, 3.05) is 18.0 Å². The van der Waals surface area contributed by atoms with Crippen molar-refractivity contribution in [2.24, 2.45) is 0 Å². The Kier molecular flexibility index (Phi) is 5.85. The van der Waals surface area contributed by atoms with Crippen LogP contribution in [0.4, 0.5) is 5.69 Å². The summed E-state index contributed by atoms with van der Waals surface area (Å²) in [6.45, 7) is 6.64. The van der Waals surface area contributed by atoms with E-state index in [1.807, 2.05) is 6.07 Å². The molecule has 0 saturated heterocycles. The zero-order chi connectivity index (χ0) is 12.0. The Morgan fingerprint density at radius 2 is 1.81 bits per heavy atom. The fraction of sp³-hybridized carbons (Fsp3) is 0.538. The lowest BCUT2D eigenvalue weighted by Crippen LogP contribution is -2.24. The predicted octanol–water partition coefficient (Wildman–Crippen LogP) is 3.57. The topological polar surface area (TPSA) is 23.5 Å². The number of anilines is 1. The number of aliphatic hydroxyl groups is 1. The molecule has 0 heterocycles. The number of hydrogen-bond donors (Lipinski definition) is 1. The fourth-order valence-electron chi connectivity index (χ4n) is 1.77. The van der Waals surface area contributed by atoms with Gasteiger partial charge in [0.05, 0.1) is 6.61 Å². The third-order valence-electron chi connectivity index (χ3n) is 2.56. The second kappa shape index (κ2) is 6.92. The molecular weight excluding hydrogens is 266 g/mol.